The molecule has 47 heavy (non-hydrogen) atoms. The molecule has 0 aliphatic carbocycles. The van der Waals surface area contributed by atoms with Gasteiger partial charge < -0.3 is 19.5 Å². The van der Waals surface area contributed by atoms with E-state index in [1.807, 2.05) is 56.3 Å². The second-order valence-corrected chi connectivity index (χ2v) is 12.3. The monoisotopic (exact) mass is 683 g/mol. The number of aliphatic hydroxyl groups is 1. The van der Waals surface area contributed by atoms with E-state index in [9.17, 15) is 4.79 Å². The van der Waals surface area contributed by atoms with Crippen LogP contribution in [0.15, 0.2) is 72.3 Å². The first-order valence-corrected chi connectivity index (χ1v) is 17.1. The molecule has 256 valence electrons. The summed E-state index contributed by atoms with van der Waals surface area (Å²) < 4.78 is 11.9. The van der Waals surface area contributed by atoms with Crippen molar-refractivity contribution in [1.29, 1.82) is 0 Å². The van der Waals surface area contributed by atoms with E-state index in [-0.39, 0.29) is 20.1 Å². The third kappa shape index (κ3) is 10.5. The highest BCUT2D eigenvalue weighted by Crippen LogP contribution is 2.41. The van der Waals surface area contributed by atoms with Gasteiger partial charge in [0.05, 0.1) is 19.3 Å². The molecular weight excluding hydrogens is 633 g/mol. The Morgan fingerprint density at radius 2 is 1.43 bits per heavy atom. The summed E-state index contributed by atoms with van der Waals surface area (Å²) in [5.74, 6) is 1.26. The number of piperazine rings is 1. The van der Waals surface area contributed by atoms with Crippen LogP contribution in [0, 0.1) is 6.92 Å². The van der Waals surface area contributed by atoms with Gasteiger partial charge in [-0.05, 0) is 103 Å². The fourth-order valence-electron chi connectivity index (χ4n) is 6.11. The van der Waals surface area contributed by atoms with Crippen LogP contribution in [-0.2, 0) is 0 Å². The molecule has 2 aliphatic rings. The van der Waals surface area contributed by atoms with Gasteiger partial charge >= 0.3 is 6.09 Å². The smallest absolute Gasteiger partial charge is 0.416 e. The van der Waals surface area contributed by atoms with Gasteiger partial charge in [-0.25, -0.2) is 4.79 Å². The normalized spacial score (nSPS) is 17.0. The van der Waals surface area contributed by atoms with Crippen LogP contribution < -0.4 is 9.47 Å². The van der Waals surface area contributed by atoms with Gasteiger partial charge in [0.2, 0.25) is 0 Å². The van der Waals surface area contributed by atoms with E-state index in [2.05, 4.69) is 23.6 Å². The lowest BCUT2D eigenvalue weighted by Crippen LogP contribution is -2.47. The molecule has 2 heterocycles. The van der Waals surface area contributed by atoms with Crippen LogP contribution in [0.1, 0.15) is 63.8 Å². The van der Waals surface area contributed by atoms with Crippen LogP contribution in [0.3, 0.4) is 0 Å². The van der Waals surface area contributed by atoms with Gasteiger partial charge in [-0.3, -0.25) is 9.80 Å². The molecule has 2 aliphatic heterocycles. The summed E-state index contributed by atoms with van der Waals surface area (Å²) in [5, 5.41) is 10.4. The summed E-state index contributed by atoms with van der Waals surface area (Å²) in [7, 11) is 0. The van der Waals surface area contributed by atoms with Crippen molar-refractivity contribution in [3.05, 3.63) is 99.0 Å². The number of amides is 1. The van der Waals surface area contributed by atoms with Crippen molar-refractivity contribution in [2.75, 3.05) is 59.0 Å². The van der Waals surface area contributed by atoms with Gasteiger partial charge in [-0.2, -0.15) is 0 Å². The standard InChI is InChI=1S/C35H41Cl2N3O4.C2H6.CH4/c1-25-4-7-29(37)24-33(25)32-14-16-40(35(42)44-31-12-8-28(36)9-13-31)34(26(32)2)27-5-10-30(11-6-27)43-23-3-15-38-17-19-39(20-18-38)21-22-41;1-2;/h4-13,24,34,41H,3,14-23H2,1-2H3;1-2H3;1H4. The maximum Gasteiger partial charge on any atom is 0.416 e. The van der Waals surface area contributed by atoms with Crippen molar-refractivity contribution in [3.63, 3.8) is 0 Å². The van der Waals surface area contributed by atoms with Gasteiger partial charge in [-0.1, -0.05) is 62.7 Å². The van der Waals surface area contributed by atoms with Crippen LogP contribution in [0.2, 0.25) is 10.0 Å². The van der Waals surface area contributed by atoms with E-state index in [0.29, 0.717) is 35.4 Å². The minimum Gasteiger partial charge on any atom is -0.494 e. The Bertz CT molecular complexity index is 1440. The maximum absolute atomic E-state index is 13.6. The largest absolute Gasteiger partial charge is 0.494 e. The second kappa shape index (κ2) is 19.1. The first kappa shape index (κ1) is 38.4. The molecule has 0 radical (unpaired) electrons. The predicted molar refractivity (Wildman–Crippen MR) is 195 cm³/mol. The molecule has 0 spiro atoms. The summed E-state index contributed by atoms with van der Waals surface area (Å²) in [4.78, 5) is 20.1. The summed E-state index contributed by atoms with van der Waals surface area (Å²) in [6.45, 7) is 15.3. The second-order valence-electron chi connectivity index (χ2n) is 11.5. The van der Waals surface area contributed by atoms with E-state index < -0.39 is 6.09 Å². The van der Waals surface area contributed by atoms with E-state index in [4.69, 9.17) is 37.8 Å². The summed E-state index contributed by atoms with van der Waals surface area (Å²) in [6, 6.07) is 20.5. The van der Waals surface area contributed by atoms with Crippen molar-refractivity contribution >= 4 is 34.9 Å². The Hall–Kier alpha value is -3.07. The molecule has 9 heteroatoms. The zero-order valence-corrected chi connectivity index (χ0v) is 29.0. The van der Waals surface area contributed by atoms with Crippen molar-refractivity contribution < 1.29 is 19.4 Å². The van der Waals surface area contributed by atoms with Crippen molar-refractivity contribution in [3.8, 4) is 11.5 Å². The van der Waals surface area contributed by atoms with Crippen molar-refractivity contribution in [2.24, 2.45) is 0 Å². The molecule has 0 saturated carbocycles. The molecule has 7 nitrogen and oxygen atoms in total. The molecule has 1 fully saturated rings. The first-order valence-electron chi connectivity index (χ1n) is 16.3. The zero-order valence-electron chi connectivity index (χ0n) is 27.5. The number of carbonyl (C=O) groups excluding carboxylic acids is 1. The molecule has 0 bridgehead atoms. The van der Waals surface area contributed by atoms with Crippen LogP contribution in [0.4, 0.5) is 4.79 Å². The highest BCUT2D eigenvalue weighted by atomic mass is 35.5. The topological polar surface area (TPSA) is 65.5 Å². The maximum atomic E-state index is 13.6. The molecule has 1 saturated heterocycles. The first-order chi connectivity index (χ1) is 22.3. The number of hydrogen-bond donors (Lipinski definition) is 1. The van der Waals surface area contributed by atoms with E-state index in [0.717, 1.165) is 73.7 Å². The molecule has 1 N–H and O–H groups in total. The number of β-amino-alcohol motifs (C(OH)–C–C–N with tert-alkyl or cyclic N) is 1. The summed E-state index contributed by atoms with van der Waals surface area (Å²) in [5.41, 5.74) is 5.53. The highest BCUT2D eigenvalue weighted by Gasteiger charge is 2.34. The summed E-state index contributed by atoms with van der Waals surface area (Å²) in [6.07, 6.45) is 1.23. The van der Waals surface area contributed by atoms with Crippen LogP contribution in [0.25, 0.3) is 5.57 Å². The molecule has 3 aromatic carbocycles. The Kier molecular flexibility index (Phi) is 15.6. The van der Waals surface area contributed by atoms with E-state index in [1.165, 1.54) is 5.57 Å². The summed E-state index contributed by atoms with van der Waals surface area (Å²) >= 11 is 12.4. The third-order valence-electron chi connectivity index (χ3n) is 8.54. The Balaban J connectivity index is 0.00000196. The molecule has 5 rings (SSSR count). The number of rotatable bonds is 10. The number of aliphatic hydroxyl groups excluding tert-OH is 1. The van der Waals surface area contributed by atoms with Gasteiger partial charge in [0, 0.05) is 55.9 Å². The molecule has 1 amide bonds. The van der Waals surface area contributed by atoms with Gasteiger partial charge in [0.15, 0.2) is 0 Å². The Labute approximate surface area is 291 Å². The number of benzene rings is 3. The number of ether oxygens (including phenoxy) is 2. The average Bonchev–Trinajstić information content (AvgIpc) is 3.07. The molecule has 0 aromatic heterocycles. The Morgan fingerprint density at radius 1 is 0.830 bits per heavy atom. The average molecular weight is 685 g/mol. The lowest BCUT2D eigenvalue weighted by atomic mass is 9.84. The molecule has 1 unspecified atom stereocenters. The lowest BCUT2D eigenvalue weighted by molar-refractivity contribution is 0.108. The number of aryl methyl sites for hydroxylation is 1. The molecular formula is C38H51Cl2N3O4. The van der Waals surface area contributed by atoms with Gasteiger partial charge in [0.25, 0.3) is 0 Å². The highest BCUT2D eigenvalue weighted by molar-refractivity contribution is 6.31. The molecule has 1 atom stereocenters. The number of carbonyl (C=O) groups is 1. The van der Waals surface area contributed by atoms with Crippen molar-refractivity contribution in [2.45, 2.75) is 54.0 Å². The predicted octanol–water partition coefficient (Wildman–Crippen LogP) is 8.76. The van der Waals surface area contributed by atoms with Crippen LogP contribution in [-0.4, -0.2) is 84.9 Å². The van der Waals surface area contributed by atoms with Gasteiger partial charge in [-0.15, -0.1) is 0 Å². The quantitative estimate of drug-likeness (QED) is 0.216. The fraction of sp³-hybridized carbons (Fsp3) is 0.447. The van der Waals surface area contributed by atoms with E-state index >= 15 is 0 Å². The van der Waals surface area contributed by atoms with Crippen molar-refractivity contribution in [1.82, 2.24) is 14.7 Å². The lowest BCUT2D eigenvalue weighted by Gasteiger charge is -2.38. The Morgan fingerprint density at radius 3 is 2.06 bits per heavy atom. The minimum atomic E-state index is -0.406. The van der Waals surface area contributed by atoms with E-state index in [1.54, 1.807) is 29.2 Å². The van der Waals surface area contributed by atoms with Crippen LogP contribution in [0.5, 0.6) is 11.5 Å². The third-order valence-corrected chi connectivity index (χ3v) is 9.03. The minimum absolute atomic E-state index is 0. The zero-order chi connectivity index (χ0) is 33.1. The number of hydrogen-bond acceptors (Lipinski definition) is 6. The number of halogens is 2. The fourth-order valence-corrected chi connectivity index (χ4v) is 6.41. The van der Waals surface area contributed by atoms with Gasteiger partial charge in [0.1, 0.15) is 11.5 Å². The number of nitrogens with zero attached hydrogens (tertiary/aromatic N) is 3. The van der Waals surface area contributed by atoms with Crippen LogP contribution >= 0.6 is 23.2 Å². The SMILES string of the molecule is C.CC.CC1=C(c2cc(Cl)ccc2C)CCN(C(=O)Oc2ccc(Cl)cc2)C1c1ccc(OCCCN2CCN(CCO)CC2)cc1. The molecule has 3 aromatic rings.